The lowest BCUT2D eigenvalue weighted by Gasteiger charge is -2.38. The summed E-state index contributed by atoms with van der Waals surface area (Å²) in [6, 6.07) is 19.1. The number of nitrogens with two attached hydrogens (primary N) is 1. The van der Waals surface area contributed by atoms with Gasteiger partial charge in [-0.05, 0) is 152 Å². The highest BCUT2D eigenvalue weighted by Crippen LogP contribution is 2.65. The first-order chi connectivity index (χ1) is 53.0. The molecule has 17 rings (SSSR count). The van der Waals surface area contributed by atoms with Crippen molar-refractivity contribution in [2.24, 2.45) is 22.6 Å². The predicted octanol–water partition coefficient (Wildman–Crippen LogP) is 9.36. The molecule has 0 radical (unpaired) electrons. The third kappa shape index (κ3) is 19.9. The van der Waals surface area contributed by atoms with Crippen LogP contribution >= 0.6 is 10.3 Å². The number of aliphatic imine (C=N–C) groups is 1. The number of halogens is 6. The fourth-order valence-electron chi connectivity index (χ4n) is 15.0. The van der Waals surface area contributed by atoms with Gasteiger partial charge in [0.15, 0.2) is 5.78 Å². The number of allylic oxidation sites excluding steroid dienone is 1. The van der Waals surface area contributed by atoms with Gasteiger partial charge in [-0.15, -0.1) is 4.99 Å². The number of nitrogens with one attached hydrogen (secondary N) is 1. The molecule has 0 spiro atoms. The van der Waals surface area contributed by atoms with E-state index in [4.69, 9.17) is 29.5 Å². The summed E-state index contributed by atoms with van der Waals surface area (Å²) in [4.78, 5) is 24.4. The van der Waals surface area contributed by atoms with Gasteiger partial charge >= 0.3 is 0 Å². The first-order valence-electron chi connectivity index (χ1n) is 35.9. The number of rotatable bonds is 13. The third-order valence-electron chi connectivity index (χ3n) is 20.5. The highest BCUT2D eigenvalue weighted by Gasteiger charge is 2.42. The number of hydrogen-bond donors (Lipinski definition) is 3. The van der Waals surface area contributed by atoms with Gasteiger partial charge in [-0.25, -0.2) is 69.6 Å². The quantitative estimate of drug-likeness (QED) is 0.0549. The van der Waals surface area contributed by atoms with Gasteiger partial charge in [0.1, 0.15) is 47.6 Å². The van der Waals surface area contributed by atoms with Gasteiger partial charge in [-0.2, -0.15) is 36.7 Å². The van der Waals surface area contributed by atoms with Crippen LogP contribution < -0.4 is 11.4 Å². The first kappa shape index (κ1) is 83.6. The van der Waals surface area contributed by atoms with Crippen LogP contribution in [0, 0.1) is 46.7 Å². The lowest BCUT2D eigenvalue weighted by Crippen LogP contribution is -2.47. The molecular formula is C73H87F6N13O15S5. The summed E-state index contributed by atoms with van der Waals surface area (Å²) in [5.41, 5.74) is 18.7. The maximum absolute atomic E-state index is 14.1. The van der Waals surface area contributed by atoms with E-state index in [1.54, 1.807) is 24.9 Å². The van der Waals surface area contributed by atoms with E-state index in [0.29, 0.717) is 75.1 Å². The molecule has 11 heterocycles. The molecule has 112 heavy (non-hydrogen) atoms. The SMILES string of the molecule is C1=NCC2=C1CCC2.CS(=O)(=O)n1cc2c(n1)CCC2.CS(=O)(=O)n1cc2c(n1)CN([C@H]1CO[C@H](c3cc(F)ccc3F)[C@@H](N)C1)C2.CS(=O)(=O)n1cc2c(n1)CS(ONOO)(c1ccccc1)C2.C[C@H]1CC(=O)CO[C@@H]1c1cc(F)ccc1F.C[C@H]1C[C@@H](N2Cc3cn(S(C)(=O)=O)nc3C2)CO[C@@H]1c1cc(F)ccc1F. The Hall–Kier alpha value is -7.87. The lowest BCUT2D eigenvalue weighted by molar-refractivity contribution is -0.345. The predicted molar refractivity (Wildman–Crippen MR) is 400 cm³/mol. The van der Waals surface area contributed by atoms with E-state index in [0.717, 1.165) is 161 Å². The molecule has 9 atom stereocenters. The molecule has 0 bridgehead atoms. The van der Waals surface area contributed by atoms with Gasteiger partial charge in [-0.1, -0.05) is 42.4 Å². The van der Waals surface area contributed by atoms with Crippen LogP contribution in [0.15, 0.2) is 131 Å². The Morgan fingerprint density at radius 1 is 0.536 bits per heavy atom. The lowest BCUT2D eigenvalue weighted by atomic mass is 9.88. The average molecular weight is 1660 g/mol. The molecule has 3 fully saturated rings. The number of aryl methyl sites for hydroxylation is 2. The summed E-state index contributed by atoms with van der Waals surface area (Å²) in [5, 5.41) is 24.9. The molecule has 8 aromatic rings. The molecule has 3 saturated heterocycles. The summed E-state index contributed by atoms with van der Waals surface area (Å²) in [6.45, 7) is 7.68. The Labute approximate surface area is 646 Å². The van der Waals surface area contributed by atoms with Crippen LogP contribution in [-0.4, -0.2) is 167 Å². The van der Waals surface area contributed by atoms with Gasteiger partial charge in [-0.3, -0.25) is 19.6 Å². The molecule has 1 unspecified atom stereocenters. The number of benzene rings is 4. The Morgan fingerprint density at radius 2 is 1.01 bits per heavy atom. The Kier molecular flexibility index (Phi) is 25.9. The van der Waals surface area contributed by atoms with E-state index >= 15 is 0 Å². The van der Waals surface area contributed by atoms with E-state index in [9.17, 15) is 64.8 Å². The molecule has 0 saturated carbocycles. The fourth-order valence-corrected chi connectivity index (χ4v) is 20.1. The number of fused-ring (bicyclic) bond motifs is 4. The van der Waals surface area contributed by atoms with Crippen molar-refractivity contribution in [1.29, 1.82) is 0 Å². The van der Waals surface area contributed by atoms with Crippen LogP contribution in [0.5, 0.6) is 0 Å². The summed E-state index contributed by atoms with van der Waals surface area (Å²) in [5.74, 6) is -2.18. The van der Waals surface area contributed by atoms with E-state index in [1.807, 2.05) is 49.1 Å². The molecule has 9 aliphatic rings. The molecule has 39 heteroatoms. The number of ether oxygens (including phenoxy) is 3. The van der Waals surface area contributed by atoms with E-state index in [2.05, 4.69) is 40.2 Å². The summed E-state index contributed by atoms with van der Waals surface area (Å²) < 4.78 is 200. The highest BCUT2D eigenvalue weighted by atomic mass is 32.3. The normalized spacial score (nSPS) is 24.6. The van der Waals surface area contributed by atoms with E-state index in [-0.39, 0.29) is 53.0 Å². The maximum atomic E-state index is 14.1. The van der Waals surface area contributed by atoms with Crippen molar-refractivity contribution in [3.8, 4) is 0 Å². The summed E-state index contributed by atoms with van der Waals surface area (Å²) in [6.07, 6.45) is 19.7. The zero-order valence-electron chi connectivity index (χ0n) is 62.0. The van der Waals surface area contributed by atoms with Crippen molar-refractivity contribution in [3.63, 3.8) is 0 Å². The Bertz CT molecular complexity index is 5070. The molecular weight excluding hydrogens is 1570 g/mol. The second kappa shape index (κ2) is 34.7. The monoisotopic (exact) mass is 1660 g/mol. The topological polar surface area (TPSA) is 348 Å². The van der Waals surface area contributed by atoms with Gasteiger partial charge in [0, 0.05) is 126 Å². The van der Waals surface area contributed by atoms with Gasteiger partial charge < -0.3 is 19.9 Å². The summed E-state index contributed by atoms with van der Waals surface area (Å²) in [7, 11) is -15.2. The fraction of sp³-hybridized carbons (Fsp3) is 0.452. The largest absolute Gasteiger partial charge is 0.372 e. The second-order valence-corrected chi connectivity index (χ2v) is 39.3. The van der Waals surface area contributed by atoms with Crippen molar-refractivity contribution in [3.05, 3.63) is 217 Å². The van der Waals surface area contributed by atoms with Gasteiger partial charge in [0.25, 0.3) is 40.1 Å². The standard InChI is InChI=1S/C18H21F2N3O3S.C17H20F2N4O3S.C12H12F2O2.C12H15N3O5S2.C7H10N2O2S.C7H9N/c1-11-5-14(10-26-18(11)15-6-13(19)3-4-16(15)20)22-7-12-8-23(27(2,24)25)21-17(12)9-22;1-27(24,25)23-7-10-6-22(8-16(10)21-23)12-5-15(20)17(26-9-12)13-4-11(18)2-3-14(13)19;1-7-4-9(15)6-16-12(7)10-5-8(13)2-3-11(10)14;1-21(17,18)15-7-10-8-22(20-14-19-16,9-12(10)13-15)11-5-3-2-4-6-11;1-12(10,11)9-5-6-3-2-4-7(6)8-9;1-2-6-4-8-5-7(6)3-1/h3-4,6,8,11,14,18H,5,7,9-10H2,1-2H3;2-4,7,12,15,17H,5-6,8-9,20H2,1H3;2-3,5,7,12H,4,6H2,1H3;2-7,14,16H,8-9H2,1H3;5H,2-4H2,1H3;4H,1-3,5H2/t11-,14+,18-;12-,15+,17-;7-,12-;;;/m010.../s1. The number of carbonyl (C=O) groups is 1. The van der Waals surface area contributed by atoms with Crippen molar-refractivity contribution >= 4 is 62.4 Å². The summed E-state index contributed by atoms with van der Waals surface area (Å²) >= 11 is 0. The number of aromatic nitrogens is 8. The molecule has 28 nitrogen and oxygen atoms in total. The van der Waals surface area contributed by atoms with Crippen LogP contribution in [0.4, 0.5) is 26.3 Å². The van der Waals surface area contributed by atoms with E-state index in [1.165, 1.54) is 43.3 Å². The molecule has 4 aromatic heterocycles. The molecule has 4 aromatic carbocycles. The Balaban J connectivity index is 0.000000129. The number of Topliss-reactive ketones (excluding diaryl/α,β-unsaturated/α-hetero) is 1. The zero-order chi connectivity index (χ0) is 80.4. The number of hydrogen-bond acceptors (Lipinski definition) is 24. The zero-order valence-corrected chi connectivity index (χ0v) is 66.1. The van der Waals surface area contributed by atoms with Gasteiger partial charge in [0.2, 0.25) is 0 Å². The molecule has 2 aliphatic carbocycles. The van der Waals surface area contributed by atoms with Crippen molar-refractivity contribution in [2.75, 3.05) is 51.4 Å². The average Bonchev–Trinajstić information content (AvgIpc) is 1.59. The maximum Gasteiger partial charge on any atom is 0.250 e. The van der Waals surface area contributed by atoms with Gasteiger partial charge in [0.05, 0.1) is 85.5 Å². The molecule has 4 N–H and O–H groups in total. The minimum absolute atomic E-state index is 0.000520. The van der Waals surface area contributed by atoms with Crippen LogP contribution in [0.3, 0.4) is 0 Å². The molecule has 7 aliphatic heterocycles. The number of nitrogens with zero attached hydrogens (tertiary/aromatic N) is 11. The van der Waals surface area contributed by atoms with Crippen LogP contribution in [0.1, 0.15) is 139 Å². The molecule has 0 amide bonds. The van der Waals surface area contributed by atoms with Crippen LogP contribution in [0.25, 0.3) is 0 Å². The third-order valence-corrected chi connectivity index (χ3v) is 27.0. The van der Waals surface area contributed by atoms with Crippen LogP contribution in [0.2, 0.25) is 0 Å². The van der Waals surface area contributed by atoms with Crippen molar-refractivity contribution in [2.45, 2.75) is 151 Å². The Morgan fingerprint density at radius 3 is 1.48 bits per heavy atom. The molecule has 606 valence electrons. The van der Waals surface area contributed by atoms with Crippen molar-refractivity contribution < 1.29 is 93.5 Å². The number of carbonyl (C=O) groups excluding carboxylic acids is 1. The van der Waals surface area contributed by atoms with Crippen molar-refractivity contribution in [1.82, 2.24) is 52.2 Å². The minimum Gasteiger partial charge on any atom is -0.372 e. The van der Waals surface area contributed by atoms with Crippen LogP contribution in [-0.2, 0) is 119 Å². The highest BCUT2D eigenvalue weighted by molar-refractivity contribution is 8.28. The van der Waals surface area contributed by atoms with E-state index < -0.39 is 110 Å². The minimum atomic E-state index is -3.41. The first-order valence-corrected chi connectivity index (χ1v) is 45.1. The second-order valence-electron chi connectivity index (χ2n) is 29.1. The smallest absolute Gasteiger partial charge is 0.250 e. The number of ketones is 1.